The number of halogens is 1. The van der Waals surface area contributed by atoms with Gasteiger partial charge < -0.3 is 5.32 Å². The second-order valence-electron chi connectivity index (χ2n) is 6.25. The largest absolute Gasteiger partial charge is 0.317 e. The average Bonchev–Trinajstić information content (AvgIpc) is 2.51. The van der Waals surface area contributed by atoms with Crippen LogP contribution >= 0.6 is 0 Å². The SMILES string of the molecule is Fc1ccc(CN2CCCCC2C2CCNCC2)cc1. The molecule has 0 radical (unpaired) electrons. The second-order valence-corrected chi connectivity index (χ2v) is 6.25. The number of hydrogen-bond acceptors (Lipinski definition) is 2. The van der Waals surface area contributed by atoms with Gasteiger partial charge in [0.15, 0.2) is 0 Å². The summed E-state index contributed by atoms with van der Waals surface area (Å²) in [5.74, 6) is 0.708. The Balaban J connectivity index is 1.66. The third-order valence-electron chi connectivity index (χ3n) is 4.89. The summed E-state index contributed by atoms with van der Waals surface area (Å²) in [5, 5.41) is 3.46. The first-order chi connectivity index (χ1) is 9.83. The number of nitrogens with zero attached hydrogens (tertiary/aromatic N) is 1. The maximum Gasteiger partial charge on any atom is 0.123 e. The summed E-state index contributed by atoms with van der Waals surface area (Å²) in [7, 11) is 0. The molecule has 3 heteroatoms. The van der Waals surface area contributed by atoms with Crippen LogP contribution in [0.25, 0.3) is 0 Å². The monoisotopic (exact) mass is 276 g/mol. The van der Waals surface area contributed by atoms with Crippen LogP contribution in [0, 0.1) is 11.7 Å². The Hall–Kier alpha value is -0.930. The van der Waals surface area contributed by atoms with Crippen LogP contribution in [0.2, 0.25) is 0 Å². The van der Waals surface area contributed by atoms with Crippen molar-refractivity contribution in [1.82, 2.24) is 10.2 Å². The number of rotatable bonds is 3. The Labute approximate surface area is 121 Å². The van der Waals surface area contributed by atoms with E-state index in [-0.39, 0.29) is 5.82 Å². The van der Waals surface area contributed by atoms with Crippen LogP contribution < -0.4 is 5.32 Å². The van der Waals surface area contributed by atoms with Gasteiger partial charge in [-0.05, 0) is 68.9 Å². The molecule has 2 aliphatic heterocycles. The molecule has 1 aromatic rings. The zero-order chi connectivity index (χ0) is 13.8. The van der Waals surface area contributed by atoms with E-state index in [0.29, 0.717) is 0 Å². The Morgan fingerprint density at radius 1 is 1.05 bits per heavy atom. The number of likely N-dealkylation sites (tertiary alicyclic amines) is 1. The van der Waals surface area contributed by atoms with Crippen LogP contribution in [0.5, 0.6) is 0 Å². The summed E-state index contributed by atoms with van der Waals surface area (Å²) in [6.45, 7) is 4.53. The van der Waals surface area contributed by atoms with Gasteiger partial charge in [-0.15, -0.1) is 0 Å². The number of benzene rings is 1. The lowest BCUT2D eigenvalue weighted by Crippen LogP contribution is -2.46. The Bertz CT molecular complexity index is 412. The lowest BCUT2D eigenvalue weighted by atomic mass is 9.84. The molecule has 0 spiro atoms. The van der Waals surface area contributed by atoms with E-state index in [0.717, 1.165) is 18.5 Å². The van der Waals surface area contributed by atoms with E-state index in [1.807, 2.05) is 12.1 Å². The molecule has 0 bridgehead atoms. The molecular weight excluding hydrogens is 251 g/mol. The lowest BCUT2D eigenvalue weighted by Gasteiger charge is -2.42. The summed E-state index contributed by atoms with van der Waals surface area (Å²) in [4.78, 5) is 2.65. The van der Waals surface area contributed by atoms with Crippen LogP contribution in [-0.2, 0) is 6.54 Å². The van der Waals surface area contributed by atoms with Gasteiger partial charge >= 0.3 is 0 Å². The van der Waals surface area contributed by atoms with Crippen molar-refractivity contribution >= 4 is 0 Å². The molecular formula is C17H25FN2. The molecule has 1 aromatic carbocycles. The molecule has 110 valence electrons. The van der Waals surface area contributed by atoms with Crippen LogP contribution in [-0.4, -0.2) is 30.6 Å². The van der Waals surface area contributed by atoms with Crippen molar-refractivity contribution in [1.29, 1.82) is 0 Å². The fourth-order valence-electron chi connectivity index (χ4n) is 3.80. The van der Waals surface area contributed by atoms with E-state index in [4.69, 9.17) is 0 Å². The van der Waals surface area contributed by atoms with Crippen molar-refractivity contribution < 1.29 is 4.39 Å². The molecule has 20 heavy (non-hydrogen) atoms. The van der Waals surface area contributed by atoms with Gasteiger partial charge in [-0.25, -0.2) is 4.39 Å². The standard InChI is InChI=1S/C17H25FN2/c18-16-6-4-14(5-7-16)13-20-12-2-1-3-17(20)15-8-10-19-11-9-15/h4-7,15,17,19H,1-3,8-13H2. The molecule has 2 fully saturated rings. The summed E-state index contributed by atoms with van der Waals surface area (Å²) in [6.07, 6.45) is 6.64. The topological polar surface area (TPSA) is 15.3 Å². The molecule has 0 saturated carbocycles. The highest BCUT2D eigenvalue weighted by atomic mass is 19.1. The van der Waals surface area contributed by atoms with Gasteiger partial charge in [-0.3, -0.25) is 4.90 Å². The van der Waals surface area contributed by atoms with E-state index < -0.39 is 0 Å². The van der Waals surface area contributed by atoms with Crippen LogP contribution in [0.3, 0.4) is 0 Å². The highest BCUT2D eigenvalue weighted by Crippen LogP contribution is 2.29. The fourth-order valence-corrected chi connectivity index (χ4v) is 3.80. The summed E-state index contributed by atoms with van der Waals surface area (Å²) >= 11 is 0. The fraction of sp³-hybridized carbons (Fsp3) is 0.647. The smallest absolute Gasteiger partial charge is 0.123 e. The average molecular weight is 276 g/mol. The normalized spacial score (nSPS) is 25.8. The number of nitrogens with one attached hydrogen (secondary N) is 1. The quantitative estimate of drug-likeness (QED) is 0.912. The van der Waals surface area contributed by atoms with Crippen molar-refractivity contribution in [2.45, 2.75) is 44.7 Å². The van der Waals surface area contributed by atoms with Gasteiger partial charge in [0, 0.05) is 12.6 Å². The van der Waals surface area contributed by atoms with Crippen LogP contribution in [0.1, 0.15) is 37.7 Å². The molecule has 0 aliphatic carbocycles. The summed E-state index contributed by atoms with van der Waals surface area (Å²) < 4.78 is 13.0. The Morgan fingerprint density at radius 3 is 2.55 bits per heavy atom. The first kappa shape index (κ1) is 14.0. The molecule has 2 heterocycles. The summed E-state index contributed by atoms with van der Waals surface area (Å²) in [5.41, 5.74) is 1.24. The highest BCUT2D eigenvalue weighted by Gasteiger charge is 2.30. The lowest BCUT2D eigenvalue weighted by molar-refractivity contribution is 0.0777. The van der Waals surface area contributed by atoms with Gasteiger partial charge in [-0.2, -0.15) is 0 Å². The van der Waals surface area contributed by atoms with Gasteiger partial charge in [0.2, 0.25) is 0 Å². The molecule has 2 nitrogen and oxygen atoms in total. The third kappa shape index (κ3) is 3.39. The van der Waals surface area contributed by atoms with Crippen molar-refractivity contribution in [2.24, 2.45) is 5.92 Å². The van der Waals surface area contributed by atoms with Gasteiger partial charge in [0.05, 0.1) is 0 Å². The molecule has 1 atom stereocenters. The van der Waals surface area contributed by atoms with E-state index in [1.54, 1.807) is 12.1 Å². The molecule has 1 N–H and O–H groups in total. The minimum Gasteiger partial charge on any atom is -0.317 e. The van der Waals surface area contributed by atoms with E-state index in [2.05, 4.69) is 10.2 Å². The van der Waals surface area contributed by atoms with Crippen molar-refractivity contribution in [3.8, 4) is 0 Å². The number of piperidine rings is 2. The van der Waals surface area contributed by atoms with E-state index in [9.17, 15) is 4.39 Å². The predicted octanol–water partition coefficient (Wildman–Crippen LogP) is 3.18. The van der Waals surface area contributed by atoms with Crippen molar-refractivity contribution in [3.05, 3.63) is 35.6 Å². The van der Waals surface area contributed by atoms with Crippen LogP contribution in [0.15, 0.2) is 24.3 Å². The van der Waals surface area contributed by atoms with E-state index in [1.165, 1.54) is 57.3 Å². The van der Waals surface area contributed by atoms with Crippen molar-refractivity contribution in [3.63, 3.8) is 0 Å². The Morgan fingerprint density at radius 2 is 1.80 bits per heavy atom. The van der Waals surface area contributed by atoms with Gasteiger partial charge in [0.25, 0.3) is 0 Å². The zero-order valence-electron chi connectivity index (χ0n) is 12.2. The first-order valence-corrected chi connectivity index (χ1v) is 8.02. The second kappa shape index (κ2) is 6.68. The summed E-state index contributed by atoms with van der Waals surface area (Å²) in [6, 6.07) is 7.76. The third-order valence-corrected chi connectivity index (χ3v) is 4.89. The zero-order valence-corrected chi connectivity index (χ0v) is 12.2. The highest BCUT2D eigenvalue weighted by molar-refractivity contribution is 5.16. The first-order valence-electron chi connectivity index (χ1n) is 8.02. The molecule has 0 aromatic heterocycles. The van der Waals surface area contributed by atoms with Crippen molar-refractivity contribution in [2.75, 3.05) is 19.6 Å². The minimum absolute atomic E-state index is 0.137. The Kier molecular flexibility index (Phi) is 4.69. The van der Waals surface area contributed by atoms with Crippen LogP contribution in [0.4, 0.5) is 4.39 Å². The molecule has 2 aliphatic rings. The molecule has 0 amide bonds. The molecule has 3 rings (SSSR count). The molecule has 2 saturated heterocycles. The predicted molar refractivity (Wildman–Crippen MR) is 80.0 cm³/mol. The minimum atomic E-state index is -0.137. The van der Waals surface area contributed by atoms with E-state index >= 15 is 0 Å². The number of hydrogen-bond donors (Lipinski definition) is 1. The maximum atomic E-state index is 13.0. The van der Waals surface area contributed by atoms with Gasteiger partial charge in [0.1, 0.15) is 5.82 Å². The van der Waals surface area contributed by atoms with Gasteiger partial charge in [-0.1, -0.05) is 18.6 Å². The molecule has 1 unspecified atom stereocenters. The maximum absolute atomic E-state index is 13.0.